The summed E-state index contributed by atoms with van der Waals surface area (Å²) in [7, 11) is 0. The number of hydrogen-bond acceptors (Lipinski definition) is 1. The molecule has 0 fully saturated rings. The van der Waals surface area contributed by atoms with Crippen LogP contribution in [0, 0.1) is 6.92 Å². The average molecular weight is 209 g/mol. The molecule has 0 bridgehead atoms. The van der Waals surface area contributed by atoms with Crippen molar-refractivity contribution in [2.45, 2.75) is 46.6 Å². The van der Waals surface area contributed by atoms with Crippen LogP contribution < -0.4 is 0 Å². The zero-order valence-electron chi connectivity index (χ0n) is 9.71. The van der Waals surface area contributed by atoms with Gasteiger partial charge in [0.25, 0.3) is 0 Å². The maximum Gasteiger partial charge on any atom is 0.352 e. The number of aryl methyl sites for hydroxylation is 2. The molecule has 0 aromatic carbocycles. The molecule has 0 radical (unpaired) electrons. The molecular formula is C12H19NO2. The van der Waals surface area contributed by atoms with Crippen molar-refractivity contribution in [2.24, 2.45) is 0 Å². The molecule has 0 aliphatic carbocycles. The summed E-state index contributed by atoms with van der Waals surface area (Å²) in [5.74, 6) is -0.809. The third kappa shape index (κ3) is 2.41. The van der Waals surface area contributed by atoms with Gasteiger partial charge in [0.1, 0.15) is 5.69 Å². The van der Waals surface area contributed by atoms with E-state index in [0.717, 1.165) is 37.1 Å². The summed E-state index contributed by atoms with van der Waals surface area (Å²) >= 11 is 0. The number of carbonyl (C=O) groups is 1. The Hall–Kier alpha value is -1.25. The summed E-state index contributed by atoms with van der Waals surface area (Å²) in [6.45, 7) is 6.89. The fourth-order valence-electron chi connectivity index (χ4n) is 1.87. The Morgan fingerprint density at radius 2 is 2.13 bits per heavy atom. The van der Waals surface area contributed by atoms with Gasteiger partial charge in [-0.1, -0.05) is 20.3 Å². The minimum atomic E-state index is -0.809. The van der Waals surface area contributed by atoms with Crippen LogP contribution in [0.1, 0.15) is 48.4 Å². The lowest BCUT2D eigenvalue weighted by Gasteiger charge is -2.08. The van der Waals surface area contributed by atoms with E-state index in [1.165, 1.54) is 0 Å². The maximum atomic E-state index is 11.2. The molecule has 15 heavy (non-hydrogen) atoms. The molecular weight excluding hydrogens is 190 g/mol. The van der Waals surface area contributed by atoms with Crippen molar-refractivity contribution in [3.05, 3.63) is 23.0 Å². The van der Waals surface area contributed by atoms with E-state index >= 15 is 0 Å². The fourth-order valence-corrected chi connectivity index (χ4v) is 1.87. The first kappa shape index (κ1) is 11.8. The van der Waals surface area contributed by atoms with Crippen LogP contribution in [-0.2, 0) is 13.0 Å². The van der Waals surface area contributed by atoms with Gasteiger partial charge in [0.2, 0.25) is 0 Å². The Morgan fingerprint density at radius 3 is 2.60 bits per heavy atom. The van der Waals surface area contributed by atoms with Crippen molar-refractivity contribution < 1.29 is 9.90 Å². The van der Waals surface area contributed by atoms with Crippen LogP contribution in [0.25, 0.3) is 0 Å². The first-order valence-corrected chi connectivity index (χ1v) is 5.54. The lowest BCUT2D eigenvalue weighted by Crippen LogP contribution is -2.11. The molecule has 0 aliphatic heterocycles. The molecule has 0 amide bonds. The van der Waals surface area contributed by atoms with E-state index in [2.05, 4.69) is 6.92 Å². The van der Waals surface area contributed by atoms with Gasteiger partial charge in [-0.05, 0) is 31.4 Å². The van der Waals surface area contributed by atoms with E-state index in [1.807, 2.05) is 24.5 Å². The van der Waals surface area contributed by atoms with Crippen molar-refractivity contribution >= 4 is 5.97 Å². The quantitative estimate of drug-likeness (QED) is 0.810. The minimum Gasteiger partial charge on any atom is -0.477 e. The van der Waals surface area contributed by atoms with Gasteiger partial charge >= 0.3 is 5.97 Å². The molecule has 0 atom stereocenters. The van der Waals surface area contributed by atoms with Crippen LogP contribution in [0.4, 0.5) is 0 Å². The Labute approximate surface area is 90.7 Å². The van der Waals surface area contributed by atoms with Crippen molar-refractivity contribution in [1.82, 2.24) is 4.57 Å². The minimum absolute atomic E-state index is 0.475. The maximum absolute atomic E-state index is 11.2. The van der Waals surface area contributed by atoms with E-state index in [1.54, 1.807) is 0 Å². The van der Waals surface area contributed by atoms with Gasteiger partial charge in [-0.25, -0.2) is 4.79 Å². The summed E-state index contributed by atoms with van der Waals surface area (Å²) < 4.78 is 1.92. The van der Waals surface area contributed by atoms with E-state index in [9.17, 15) is 4.79 Å². The summed E-state index contributed by atoms with van der Waals surface area (Å²) in [5.41, 5.74) is 2.47. The standard InChI is InChI=1S/C12H19NO2/c1-4-6-7-13-9(3)8-10(5-2)11(13)12(14)15/h8H,4-7H2,1-3H3,(H,14,15). The highest BCUT2D eigenvalue weighted by molar-refractivity contribution is 5.88. The van der Waals surface area contributed by atoms with Crippen molar-refractivity contribution in [3.63, 3.8) is 0 Å². The largest absolute Gasteiger partial charge is 0.477 e. The number of carboxylic acid groups (broad SMARTS) is 1. The Morgan fingerprint density at radius 1 is 1.47 bits per heavy atom. The van der Waals surface area contributed by atoms with Crippen LogP contribution >= 0.6 is 0 Å². The lowest BCUT2D eigenvalue weighted by atomic mass is 10.2. The van der Waals surface area contributed by atoms with Gasteiger partial charge in [-0.2, -0.15) is 0 Å². The molecule has 1 aromatic heterocycles. The molecule has 84 valence electrons. The molecule has 0 saturated heterocycles. The second-order valence-electron chi connectivity index (χ2n) is 3.82. The topological polar surface area (TPSA) is 42.2 Å². The second-order valence-corrected chi connectivity index (χ2v) is 3.82. The van der Waals surface area contributed by atoms with Gasteiger partial charge in [0.15, 0.2) is 0 Å². The number of rotatable bonds is 5. The normalized spacial score (nSPS) is 10.6. The molecule has 0 saturated carbocycles. The molecule has 1 rings (SSSR count). The molecule has 0 spiro atoms. The third-order valence-corrected chi connectivity index (χ3v) is 2.70. The van der Waals surface area contributed by atoms with Crippen molar-refractivity contribution in [3.8, 4) is 0 Å². The SMILES string of the molecule is CCCCn1c(C)cc(CC)c1C(=O)O. The zero-order chi connectivity index (χ0) is 11.4. The second kappa shape index (κ2) is 5.01. The van der Waals surface area contributed by atoms with Crippen LogP contribution in [0.2, 0.25) is 0 Å². The molecule has 1 heterocycles. The average Bonchev–Trinajstić information content (AvgIpc) is 2.52. The fraction of sp³-hybridized carbons (Fsp3) is 0.583. The molecule has 3 nitrogen and oxygen atoms in total. The van der Waals surface area contributed by atoms with Gasteiger partial charge in [0, 0.05) is 12.2 Å². The zero-order valence-corrected chi connectivity index (χ0v) is 9.71. The Kier molecular flexibility index (Phi) is 3.95. The summed E-state index contributed by atoms with van der Waals surface area (Å²) in [4.78, 5) is 11.2. The highest BCUT2D eigenvalue weighted by Crippen LogP contribution is 2.17. The highest BCUT2D eigenvalue weighted by atomic mass is 16.4. The third-order valence-electron chi connectivity index (χ3n) is 2.70. The molecule has 1 N–H and O–H groups in total. The van der Waals surface area contributed by atoms with Crippen LogP contribution in [0.15, 0.2) is 6.07 Å². The van der Waals surface area contributed by atoms with Crippen LogP contribution in [0.5, 0.6) is 0 Å². The summed E-state index contributed by atoms with van der Waals surface area (Å²) in [6.07, 6.45) is 2.89. The predicted molar refractivity (Wildman–Crippen MR) is 60.4 cm³/mol. The first-order chi connectivity index (χ1) is 7.11. The molecule has 0 unspecified atom stereocenters. The molecule has 0 aliphatic rings. The highest BCUT2D eigenvalue weighted by Gasteiger charge is 2.16. The molecule has 3 heteroatoms. The van der Waals surface area contributed by atoms with Gasteiger partial charge in [-0.3, -0.25) is 0 Å². The van der Waals surface area contributed by atoms with Crippen LogP contribution in [0.3, 0.4) is 0 Å². The van der Waals surface area contributed by atoms with Crippen molar-refractivity contribution in [2.75, 3.05) is 0 Å². The monoisotopic (exact) mass is 209 g/mol. The number of carboxylic acids is 1. The van der Waals surface area contributed by atoms with Gasteiger partial charge < -0.3 is 9.67 Å². The predicted octanol–water partition coefficient (Wildman–Crippen LogP) is 2.86. The number of hydrogen-bond donors (Lipinski definition) is 1. The smallest absolute Gasteiger partial charge is 0.352 e. The lowest BCUT2D eigenvalue weighted by molar-refractivity contribution is 0.0683. The number of aromatic nitrogens is 1. The Balaban J connectivity index is 3.10. The van der Waals surface area contributed by atoms with Gasteiger partial charge in [0.05, 0.1) is 0 Å². The number of nitrogens with zero attached hydrogens (tertiary/aromatic N) is 1. The summed E-state index contributed by atoms with van der Waals surface area (Å²) in [6, 6.07) is 1.99. The van der Waals surface area contributed by atoms with Crippen molar-refractivity contribution in [1.29, 1.82) is 0 Å². The summed E-state index contributed by atoms with van der Waals surface area (Å²) in [5, 5.41) is 9.17. The van der Waals surface area contributed by atoms with E-state index in [0.29, 0.717) is 5.69 Å². The first-order valence-electron chi connectivity index (χ1n) is 5.54. The van der Waals surface area contributed by atoms with E-state index < -0.39 is 5.97 Å². The van der Waals surface area contributed by atoms with Gasteiger partial charge in [-0.15, -0.1) is 0 Å². The number of aromatic carboxylic acids is 1. The molecule has 1 aromatic rings. The van der Waals surface area contributed by atoms with E-state index in [4.69, 9.17) is 5.11 Å². The Bertz CT molecular complexity index is 353. The number of unbranched alkanes of at least 4 members (excludes halogenated alkanes) is 1. The van der Waals surface area contributed by atoms with Crippen LogP contribution in [-0.4, -0.2) is 15.6 Å². The van der Waals surface area contributed by atoms with E-state index in [-0.39, 0.29) is 0 Å².